The summed E-state index contributed by atoms with van der Waals surface area (Å²) in [5.74, 6) is 1.93. The van der Waals surface area contributed by atoms with Crippen LogP contribution in [0.3, 0.4) is 0 Å². The number of hydrogen-bond acceptors (Lipinski definition) is 7. The molecule has 8 heteroatoms. The highest BCUT2D eigenvalue weighted by atomic mass is 16.5. The van der Waals surface area contributed by atoms with Crippen molar-refractivity contribution in [3.8, 4) is 22.9 Å². The van der Waals surface area contributed by atoms with Crippen LogP contribution in [-0.4, -0.2) is 45.7 Å². The average molecular weight is 431 g/mol. The van der Waals surface area contributed by atoms with Crippen molar-refractivity contribution in [1.82, 2.24) is 24.7 Å². The molecule has 1 aromatic carbocycles. The van der Waals surface area contributed by atoms with E-state index in [0.717, 1.165) is 47.0 Å². The number of rotatable bonds is 7. The van der Waals surface area contributed by atoms with Gasteiger partial charge in [0.05, 0.1) is 30.4 Å². The van der Waals surface area contributed by atoms with Crippen molar-refractivity contribution in [2.24, 2.45) is 0 Å². The summed E-state index contributed by atoms with van der Waals surface area (Å²) < 4.78 is 13.6. The van der Waals surface area contributed by atoms with E-state index in [-0.39, 0.29) is 0 Å². The van der Waals surface area contributed by atoms with Gasteiger partial charge in [-0.3, -0.25) is 4.40 Å². The second-order valence-electron chi connectivity index (χ2n) is 7.89. The molecule has 5 rings (SSSR count). The highest BCUT2D eigenvalue weighted by molar-refractivity contribution is 5.68. The van der Waals surface area contributed by atoms with Gasteiger partial charge in [-0.1, -0.05) is 6.07 Å². The molecule has 1 saturated heterocycles. The Hall–Kier alpha value is -3.65. The van der Waals surface area contributed by atoms with Crippen LogP contribution in [0.4, 0.5) is 11.6 Å². The Morgan fingerprint density at radius 1 is 1.19 bits per heavy atom. The summed E-state index contributed by atoms with van der Waals surface area (Å²) in [5, 5.41) is 6.72. The SMILES string of the molecule is COc1cc(OC[C@H]2CCCN2)ccc1Nc1ncc(C)c(-c2cnc3ccccn23)n1. The summed E-state index contributed by atoms with van der Waals surface area (Å²) in [5.41, 5.74) is 4.35. The Balaban J connectivity index is 1.38. The summed E-state index contributed by atoms with van der Waals surface area (Å²) in [7, 11) is 1.64. The molecule has 1 aliphatic heterocycles. The van der Waals surface area contributed by atoms with E-state index in [9.17, 15) is 0 Å². The first-order valence-electron chi connectivity index (χ1n) is 10.8. The molecular weight excluding hydrogens is 404 g/mol. The molecule has 1 aliphatic rings. The average Bonchev–Trinajstić information content (AvgIpc) is 3.49. The molecular formula is C24H26N6O2. The number of fused-ring (bicyclic) bond motifs is 1. The number of ether oxygens (including phenoxy) is 2. The fourth-order valence-electron chi connectivity index (χ4n) is 3.95. The van der Waals surface area contributed by atoms with Crippen LogP contribution in [0.2, 0.25) is 0 Å². The molecule has 3 aromatic heterocycles. The lowest BCUT2D eigenvalue weighted by atomic mass is 10.2. The number of hydrogen-bond donors (Lipinski definition) is 2. The molecule has 0 unspecified atom stereocenters. The maximum absolute atomic E-state index is 5.95. The normalized spacial score (nSPS) is 15.8. The van der Waals surface area contributed by atoms with E-state index in [2.05, 4.69) is 20.6 Å². The van der Waals surface area contributed by atoms with E-state index in [4.69, 9.17) is 14.5 Å². The van der Waals surface area contributed by atoms with Crippen molar-refractivity contribution >= 4 is 17.3 Å². The minimum absolute atomic E-state index is 0.415. The molecule has 164 valence electrons. The van der Waals surface area contributed by atoms with E-state index in [1.165, 1.54) is 6.42 Å². The van der Waals surface area contributed by atoms with E-state index < -0.39 is 0 Å². The largest absolute Gasteiger partial charge is 0.494 e. The van der Waals surface area contributed by atoms with Crippen LogP contribution in [-0.2, 0) is 0 Å². The lowest BCUT2D eigenvalue weighted by Crippen LogP contribution is -2.28. The van der Waals surface area contributed by atoms with Crippen molar-refractivity contribution < 1.29 is 9.47 Å². The van der Waals surface area contributed by atoms with E-state index >= 15 is 0 Å². The third-order valence-corrected chi connectivity index (χ3v) is 5.66. The Labute approximate surface area is 186 Å². The molecule has 0 bridgehead atoms. The van der Waals surface area contributed by atoms with Gasteiger partial charge in [-0.05, 0) is 56.1 Å². The van der Waals surface area contributed by atoms with Crippen LogP contribution < -0.4 is 20.1 Å². The standard InChI is InChI=1S/C24H26N6O2/c1-16-13-27-24(29-23(16)20-14-26-22-7-3-4-11-30(20)22)28-19-9-8-18(12-21(19)31-2)32-15-17-6-5-10-25-17/h3-4,7-9,11-14,17,25H,5-6,10,15H2,1-2H3,(H,27,28,29)/t17-/m1/s1. The zero-order valence-corrected chi connectivity index (χ0v) is 18.2. The number of aromatic nitrogens is 4. The van der Waals surface area contributed by atoms with Crippen LogP contribution in [0.15, 0.2) is 55.0 Å². The molecule has 0 amide bonds. The zero-order valence-electron chi connectivity index (χ0n) is 18.2. The van der Waals surface area contributed by atoms with Crippen LogP contribution >= 0.6 is 0 Å². The van der Waals surface area contributed by atoms with Crippen LogP contribution in [0.5, 0.6) is 11.5 Å². The summed E-state index contributed by atoms with van der Waals surface area (Å²) in [4.78, 5) is 13.7. The Morgan fingerprint density at radius 2 is 2.12 bits per heavy atom. The molecule has 4 aromatic rings. The molecule has 1 fully saturated rings. The summed E-state index contributed by atoms with van der Waals surface area (Å²) >= 11 is 0. The van der Waals surface area contributed by atoms with Crippen LogP contribution in [0.1, 0.15) is 18.4 Å². The minimum atomic E-state index is 0.415. The predicted molar refractivity (Wildman–Crippen MR) is 124 cm³/mol. The van der Waals surface area contributed by atoms with Crippen molar-refractivity contribution in [2.45, 2.75) is 25.8 Å². The van der Waals surface area contributed by atoms with Gasteiger partial charge in [0.1, 0.15) is 23.8 Å². The fraction of sp³-hybridized carbons (Fsp3) is 0.292. The number of benzene rings is 1. The van der Waals surface area contributed by atoms with Gasteiger partial charge < -0.3 is 20.1 Å². The number of imidazole rings is 1. The number of nitrogens with zero attached hydrogens (tertiary/aromatic N) is 4. The summed E-state index contributed by atoms with van der Waals surface area (Å²) in [6, 6.07) is 12.1. The molecule has 2 N–H and O–H groups in total. The Morgan fingerprint density at radius 3 is 2.97 bits per heavy atom. The predicted octanol–water partition coefficient (Wildman–Crippen LogP) is 3.98. The van der Waals surface area contributed by atoms with Crippen LogP contribution in [0, 0.1) is 6.92 Å². The molecule has 32 heavy (non-hydrogen) atoms. The molecule has 4 heterocycles. The van der Waals surface area contributed by atoms with Crippen molar-refractivity contribution in [3.05, 3.63) is 60.6 Å². The van der Waals surface area contributed by atoms with Gasteiger partial charge in [-0.2, -0.15) is 0 Å². The fourth-order valence-corrected chi connectivity index (χ4v) is 3.95. The molecule has 0 spiro atoms. The third kappa shape index (κ3) is 4.09. The maximum atomic E-state index is 5.95. The van der Waals surface area contributed by atoms with Gasteiger partial charge in [0, 0.05) is 24.5 Å². The van der Waals surface area contributed by atoms with Gasteiger partial charge in [-0.25, -0.2) is 15.0 Å². The molecule has 8 nitrogen and oxygen atoms in total. The number of nitrogens with one attached hydrogen (secondary N) is 2. The minimum Gasteiger partial charge on any atom is -0.494 e. The number of anilines is 2. The van der Waals surface area contributed by atoms with Crippen LogP contribution in [0.25, 0.3) is 17.0 Å². The summed E-state index contributed by atoms with van der Waals surface area (Å²) in [6.45, 7) is 3.71. The van der Waals surface area contributed by atoms with E-state index in [1.54, 1.807) is 7.11 Å². The first kappa shape index (κ1) is 20.3. The quantitative estimate of drug-likeness (QED) is 0.459. The third-order valence-electron chi connectivity index (χ3n) is 5.66. The Bertz CT molecular complexity index is 1230. The number of methoxy groups -OCH3 is 1. The second-order valence-corrected chi connectivity index (χ2v) is 7.89. The van der Waals surface area contributed by atoms with Crippen molar-refractivity contribution in [2.75, 3.05) is 25.6 Å². The highest BCUT2D eigenvalue weighted by Crippen LogP contribution is 2.32. The lowest BCUT2D eigenvalue weighted by molar-refractivity contribution is 0.276. The van der Waals surface area contributed by atoms with Gasteiger partial charge in [0.2, 0.25) is 5.95 Å². The number of aryl methyl sites for hydroxylation is 1. The van der Waals surface area contributed by atoms with E-state index in [0.29, 0.717) is 24.3 Å². The molecule has 0 saturated carbocycles. The molecule has 1 atom stereocenters. The lowest BCUT2D eigenvalue weighted by Gasteiger charge is -2.15. The first-order valence-corrected chi connectivity index (χ1v) is 10.8. The highest BCUT2D eigenvalue weighted by Gasteiger charge is 2.16. The second kappa shape index (κ2) is 8.84. The smallest absolute Gasteiger partial charge is 0.227 e. The molecule has 0 radical (unpaired) electrons. The van der Waals surface area contributed by atoms with Gasteiger partial charge in [0.15, 0.2) is 0 Å². The summed E-state index contributed by atoms with van der Waals surface area (Å²) in [6.07, 6.45) is 7.98. The van der Waals surface area contributed by atoms with Gasteiger partial charge in [0.25, 0.3) is 0 Å². The molecule has 0 aliphatic carbocycles. The maximum Gasteiger partial charge on any atom is 0.227 e. The Kier molecular flexibility index (Phi) is 5.60. The first-order chi connectivity index (χ1) is 15.7. The van der Waals surface area contributed by atoms with Crippen molar-refractivity contribution in [1.29, 1.82) is 0 Å². The number of pyridine rings is 1. The van der Waals surface area contributed by atoms with E-state index in [1.807, 2.05) is 66.3 Å². The topological polar surface area (TPSA) is 85.6 Å². The zero-order chi connectivity index (χ0) is 21.9. The monoisotopic (exact) mass is 430 g/mol. The van der Waals surface area contributed by atoms with Crippen molar-refractivity contribution in [3.63, 3.8) is 0 Å². The van der Waals surface area contributed by atoms with Gasteiger partial charge >= 0.3 is 0 Å². The van der Waals surface area contributed by atoms with Gasteiger partial charge in [-0.15, -0.1) is 0 Å².